The van der Waals surface area contributed by atoms with E-state index in [1.54, 1.807) is 16.7 Å². The average molecular weight is 332 g/mol. The van der Waals surface area contributed by atoms with E-state index < -0.39 is 12.1 Å². The predicted octanol–water partition coefficient (Wildman–Crippen LogP) is 2.36. The van der Waals surface area contributed by atoms with Crippen molar-refractivity contribution in [1.82, 2.24) is 9.88 Å². The number of benzene rings is 1. The molecule has 0 aliphatic carbocycles. The van der Waals surface area contributed by atoms with E-state index in [9.17, 15) is 9.59 Å². The van der Waals surface area contributed by atoms with Gasteiger partial charge in [-0.2, -0.15) is 4.99 Å². The molecular formula is C16H20N4O2S. The molecule has 7 heteroatoms. The molecule has 0 aliphatic rings. The number of urea groups is 1. The summed E-state index contributed by atoms with van der Waals surface area (Å²) in [6.07, 6.45) is 1.83. The molecule has 2 rings (SSSR count). The van der Waals surface area contributed by atoms with Gasteiger partial charge in [-0.25, -0.2) is 4.79 Å². The molecule has 1 heterocycles. The molecule has 1 aromatic carbocycles. The van der Waals surface area contributed by atoms with Crippen molar-refractivity contribution in [2.75, 3.05) is 5.32 Å². The third-order valence-corrected chi connectivity index (χ3v) is 4.06. The summed E-state index contributed by atoms with van der Waals surface area (Å²) in [5.41, 5.74) is 0.668. The fourth-order valence-electron chi connectivity index (χ4n) is 1.94. The van der Waals surface area contributed by atoms with E-state index in [2.05, 4.69) is 15.6 Å². The van der Waals surface area contributed by atoms with E-state index in [0.29, 0.717) is 10.5 Å². The number of hydrogen-bond acceptors (Lipinski definition) is 3. The van der Waals surface area contributed by atoms with E-state index in [0.717, 1.165) is 0 Å². The maximum atomic E-state index is 12.4. The predicted molar refractivity (Wildman–Crippen MR) is 91.1 cm³/mol. The van der Waals surface area contributed by atoms with Crippen molar-refractivity contribution in [1.29, 1.82) is 0 Å². The Morgan fingerprint density at radius 3 is 2.48 bits per heavy atom. The molecule has 0 saturated carbocycles. The van der Waals surface area contributed by atoms with Crippen LogP contribution in [0.2, 0.25) is 0 Å². The number of anilines is 1. The number of carbonyl (C=O) groups excluding carboxylic acids is 2. The number of rotatable bonds is 4. The summed E-state index contributed by atoms with van der Waals surface area (Å²) in [7, 11) is 1.82. The minimum Gasteiger partial charge on any atom is -0.327 e. The van der Waals surface area contributed by atoms with Crippen LogP contribution in [-0.4, -0.2) is 22.5 Å². The molecule has 0 aliphatic heterocycles. The Hall–Kier alpha value is -2.41. The van der Waals surface area contributed by atoms with Gasteiger partial charge in [0, 0.05) is 24.3 Å². The second kappa shape index (κ2) is 7.73. The summed E-state index contributed by atoms with van der Waals surface area (Å²) in [6, 6.07) is 7.97. The Kier molecular flexibility index (Phi) is 5.70. The lowest BCUT2D eigenvalue weighted by Crippen LogP contribution is -2.46. The number of amides is 3. The Bertz CT molecular complexity index is 734. The largest absolute Gasteiger partial charge is 0.327 e. The summed E-state index contributed by atoms with van der Waals surface area (Å²) in [4.78, 5) is 29.2. The van der Waals surface area contributed by atoms with Crippen LogP contribution in [0.5, 0.6) is 0 Å². The lowest BCUT2D eigenvalue weighted by molar-refractivity contribution is -0.120. The zero-order chi connectivity index (χ0) is 16.8. The lowest BCUT2D eigenvalue weighted by Gasteiger charge is -2.19. The summed E-state index contributed by atoms with van der Waals surface area (Å²) in [5, 5.41) is 7.26. The van der Waals surface area contributed by atoms with Crippen molar-refractivity contribution in [3.8, 4) is 0 Å². The van der Waals surface area contributed by atoms with Gasteiger partial charge in [0.05, 0.1) is 0 Å². The van der Waals surface area contributed by atoms with Crippen molar-refractivity contribution >= 4 is 29.0 Å². The zero-order valence-electron chi connectivity index (χ0n) is 13.3. The maximum Gasteiger partial charge on any atom is 0.319 e. The standard InChI is InChI=1S/C16H20N4O2S/c1-11(2)13(14(21)19-16-20(3)9-10-23-16)18-15(22)17-12-7-5-4-6-8-12/h4-11,13H,1-3H3,(H2,17,18,22). The Morgan fingerprint density at radius 1 is 1.22 bits per heavy atom. The van der Waals surface area contributed by atoms with Crippen LogP contribution in [0.25, 0.3) is 0 Å². The lowest BCUT2D eigenvalue weighted by atomic mass is 10.0. The molecule has 0 spiro atoms. The Labute approximate surface area is 138 Å². The van der Waals surface area contributed by atoms with Gasteiger partial charge < -0.3 is 15.2 Å². The fourth-order valence-corrected chi connectivity index (χ4v) is 2.68. The summed E-state index contributed by atoms with van der Waals surface area (Å²) in [6.45, 7) is 3.74. The van der Waals surface area contributed by atoms with Gasteiger partial charge in [0.15, 0.2) is 4.80 Å². The number of aromatic nitrogens is 1. The normalized spacial score (nSPS) is 13.0. The van der Waals surface area contributed by atoms with Gasteiger partial charge in [-0.05, 0) is 18.1 Å². The van der Waals surface area contributed by atoms with E-state index in [1.165, 1.54) is 11.3 Å². The molecule has 122 valence electrons. The van der Waals surface area contributed by atoms with Gasteiger partial charge in [-0.3, -0.25) is 4.79 Å². The smallest absolute Gasteiger partial charge is 0.319 e. The van der Waals surface area contributed by atoms with Crippen LogP contribution in [0.3, 0.4) is 0 Å². The van der Waals surface area contributed by atoms with Crippen LogP contribution in [0.1, 0.15) is 13.8 Å². The Balaban J connectivity index is 2.08. The van der Waals surface area contributed by atoms with Gasteiger partial charge >= 0.3 is 6.03 Å². The molecule has 0 radical (unpaired) electrons. The molecule has 2 N–H and O–H groups in total. The number of aryl methyl sites for hydroxylation is 1. The van der Waals surface area contributed by atoms with Crippen molar-refractivity contribution in [3.63, 3.8) is 0 Å². The summed E-state index contributed by atoms with van der Waals surface area (Å²) < 4.78 is 1.77. The van der Waals surface area contributed by atoms with Crippen molar-refractivity contribution in [2.24, 2.45) is 18.0 Å². The molecule has 23 heavy (non-hydrogen) atoms. The highest BCUT2D eigenvalue weighted by Gasteiger charge is 2.24. The number of thiazole rings is 1. The van der Waals surface area contributed by atoms with E-state index in [4.69, 9.17) is 0 Å². The first-order valence-corrected chi connectivity index (χ1v) is 8.16. The van der Waals surface area contributed by atoms with Crippen molar-refractivity contribution in [3.05, 3.63) is 46.7 Å². The minimum absolute atomic E-state index is 0.0713. The van der Waals surface area contributed by atoms with Gasteiger partial charge in [0.25, 0.3) is 5.91 Å². The summed E-state index contributed by atoms with van der Waals surface area (Å²) in [5.74, 6) is -0.431. The van der Waals surface area contributed by atoms with Crippen LogP contribution < -0.4 is 15.4 Å². The molecular weight excluding hydrogens is 312 g/mol. The van der Waals surface area contributed by atoms with Gasteiger partial charge in [-0.1, -0.05) is 32.0 Å². The highest BCUT2D eigenvalue weighted by atomic mass is 32.1. The van der Waals surface area contributed by atoms with Crippen LogP contribution >= 0.6 is 11.3 Å². The van der Waals surface area contributed by atoms with Crippen LogP contribution in [0.4, 0.5) is 10.5 Å². The first kappa shape index (κ1) is 17.0. The fraction of sp³-hybridized carbons (Fsp3) is 0.312. The molecule has 6 nitrogen and oxygen atoms in total. The monoisotopic (exact) mass is 332 g/mol. The molecule has 0 saturated heterocycles. The molecule has 1 aromatic heterocycles. The van der Waals surface area contributed by atoms with Gasteiger partial charge in [0.2, 0.25) is 0 Å². The van der Waals surface area contributed by atoms with E-state index >= 15 is 0 Å². The van der Waals surface area contributed by atoms with E-state index in [-0.39, 0.29) is 11.8 Å². The number of nitrogens with one attached hydrogen (secondary N) is 2. The number of para-hydroxylation sites is 1. The van der Waals surface area contributed by atoms with Crippen molar-refractivity contribution < 1.29 is 9.59 Å². The Morgan fingerprint density at radius 2 is 1.91 bits per heavy atom. The third kappa shape index (κ3) is 4.79. The first-order chi connectivity index (χ1) is 11.0. The summed E-state index contributed by atoms with van der Waals surface area (Å²) >= 11 is 1.38. The number of nitrogens with zero attached hydrogens (tertiary/aromatic N) is 2. The number of carbonyl (C=O) groups is 2. The highest BCUT2D eigenvalue weighted by Crippen LogP contribution is 2.07. The second-order valence-corrected chi connectivity index (χ2v) is 6.31. The molecule has 1 atom stereocenters. The highest BCUT2D eigenvalue weighted by molar-refractivity contribution is 7.07. The SMILES string of the molecule is CC(C)C(NC(=O)Nc1ccccc1)C(=O)N=c1sccn1C. The molecule has 3 amide bonds. The topological polar surface area (TPSA) is 75.5 Å². The first-order valence-electron chi connectivity index (χ1n) is 7.28. The second-order valence-electron chi connectivity index (χ2n) is 5.43. The van der Waals surface area contributed by atoms with Crippen molar-refractivity contribution in [2.45, 2.75) is 19.9 Å². The average Bonchev–Trinajstić information content (AvgIpc) is 2.90. The van der Waals surface area contributed by atoms with Gasteiger partial charge in [-0.15, -0.1) is 11.3 Å². The maximum absolute atomic E-state index is 12.4. The van der Waals surface area contributed by atoms with Crippen LogP contribution in [0.15, 0.2) is 46.9 Å². The third-order valence-electron chi connectivity index (χ3n) is 3.22. The number of hydrogen-bond donors (Lipinski definition) is 2. The van der Waals surface area contributed by atoms with Crippen LogP contribution in [-0.2, 0) is 11.8 Å². The van der Waals surface area contributed by atoms with Crippen LogP contribution in [0, 0.1) is 5.92 Å². The molecule has 0 bridgehead atoms. The zero-order valence-corrected chi connectivity index (χ0v) is 14.1. The van der Waals surface area contributed by atoms with Gasteiger partial charge in [0.1, 0.15) is 6.04 Å². The molecule has 2 aromatic rings. The molecule has 1 unspecified atom stereocenters. The molecule has 0 fully saturated rings. The minimum atomic E-state index is -0.680. The quantitative estimate of drug-likeness (QED) is 0.902. The van der Waals surface area contributed by atoms with E-state index in [1.807, 2.05) is 50.7 Å².